The molecule has 0 aliphatic rings. The van der Waals surface area contributed by atoms with Crippen LogP contribution in [0.3, 0.4) is 0 Å². The highest BCUT2D eigenvalue weighted by Crippen LogP contribution is 2.25. The molecule has 130 valence electrons. The third-order valence-electron chi connectivity index (χ3n) is 4.01. The van der Waals surface area contributed by atoms with Gasteiger partial charge in [-0.2, -0.15) is 0 Å². The van der Waals surface area contributed by atoms with Crippen LogP contribution in [0, 0.1) is 6.92 Å². The second-order valence-corrected chi connectivity index (χ2v) is 6.56. The third-order valence-corrected chi connectivity index (χ3v) is 4.34. The minimum atomic E-state index is -0.114. The van der Waals surface area contributed by atoms with Crippen LogP contribution in [0.5, 0.6) is 0 Å². The van der Waals surface area contributed by atoms with E-state index in [0.29, 0.717) is 18.2 Å². The Labute approximate surface area is 151 Å². The van der Waals surface area contributed by atoms with Gasteiger partial charge in [0.15, 0.2) is 0 Å². The number of rotatable bonds is 4. The summed E-state index contributed by atoms with van der Waals surface area (Å²) >= 11 is 6.40. The molecule has 0 bridgehead atoms. The molecule has 5 nitrogen and oxygen atoms in total. The molecule has 0 unspecified atom stereocenters. The number of aryl methyl sites for hydroxylation is 1. The SMILES string of the molecule is Cc1cccc2cc(CN(Cc3ccco3)C(=O)N(C)C)c(Cl)nc12. The predicted molar refractivity (Wildman–Crippen MR) is 98.5 cm³/mol. The summed E-state index contributed by atoms with van der Waals surface area (Å²) in [5, 5.41) is 1.42. The van der Waals surface area contributed by atoms with Crippen LogP contribution in [0.2, 0.25) is 5.15 Å². The van der Waals surface area contributed by atoms with Gasteiger partial charge in [0.05, 0.1) is 24.9 Å². The molecule has 2 amide bonds. The Morgan fingerprint density at radius 3 is 2.68 bits per heavy atom. The van der Waals surface area contributed by atoms with Crippen molar-refractivity contribution in [2.24, 2.45) is 0 Å². The van der Waals surface area contributed by atoms with Crippen molar-refractivity contribution in [3.63, 3.8) is 0 Å². The minimum absolute atomic E-state index is 0.114. The van der Waals surface area contributed by atoms with Crippen LogP contribution in [-0.2, 0) is 13.1 Å². The number of urea groups is 1. The van der Waals surface area contributed by atoms with Crippen molar-refractivity contribution in [1.29, 1.82) is 0 Å². The normalized spacial score (nSPS) is 10.9. The van der Waals surface area contributed by atoms with Gasteiger partial charge in [0.25, 0.3) is 0 Å². The molecule has 2 heterocycles. The number of pyridine rings is 1. The van der Waals surface area contributed by atoms with Crippen molar-refractivity contribution in [3.8, 4) is 0 Å². The lowest BCUT2D eigenvalue weighted by Crippen LogP contribution is -2.38. The monoisotopic (exact) mass is 357 g/mol. The first-order chi connectivity index (χ1) is 12.0. The molecule has 0 spiro atoms. The zero-order valence-corrected chi connectivity index (χ0v) is 15.2. The van der Waals surface area contributed by atoms with Crippen LogP contribution < -0.4 is 0 Å². The van der Waals surface area contributed by atoms with Gasteiger partial charge in [-0.15, -0.1) is 0 Å². The molecule has 0 N–H and O–H groups in total. The van der Waals surface area contributed by atoms with E-state index in [9.17, 15) is 4.79 Å². The van der Waals surface area contributed by atoms with Crippen LogP contribution in [0.1, 0.15) is 16.9 Å². The summed E-state index contributed by atoms with van der Waals surface area (Å²) < 4.78 is 5.39. The van der Waals surface area contributed by atoms with E-state index in [0.717, 1.165) is 27.8 Å². The molecule has 3 rings (SSSR count). The van der Waals surface area contributed by atoms with Crippen molar-refractivity contribution >= 4 is 28.5 Å². The summed E-state index contributed by atoms with van der Waals surface area (Å²) in [6.45, 7) is 2.73. The van der Waals surface area contributed by atoms with Crippen LogP contribution in [0.25, 0.3) is 10.9 Å². The van der Waals surface area contributed by atoms with Gasteiger partial charge in [0.1, 0.15) is 10.9 Å². The molecular formula is C19H20ClN3O2. The fourth-order valence-corrected chi connectivity index (χ4v) is 2.95. The van der Waals surface area contributed by atoms with Crippen molar-refractivity contribution in [3.05, 3.63) is 64.7 Å². The third kappa shape index (κ3) is 3.77. The molecule has 0 saturated heterocycles. The van der Waals surface area contributed by atoms with Crippen molar-refractivity contribution in [2.75, 3.05) is 14.1 Å². The standard InChI is InChI=1S/C19H20ClN3O2/c1-13-6-4-7-14-10-15(18(20)21-17(13)14)11-23(19(24)22(2)3)12-16-8-5-9-25-16/h4-10H,11-12H2,1-3H3. The Morgan fingerprint density at radius 1 is 1.20 bits per heavy atom. The lowest BCUT2D eigenvalue weighted by Gasteiger charge is -2.25. The predicted octanol–water partition coefficient (Wildman–Crippen LogP) is 4.47. The number of hydrogen-bond acceptors (Lipinski definition) is 3. The van der Waals surface area contributed by atoms with E-state index >= 15 is 0 Å². The van der Waals surface area contributed by atoms with Gasteiger partial charge in [-0.1, -0.05) is 29.8 Å². The Kier molecular flexibility index (Phi) is 4.95. The maximum atomic E-state index is 12.5. The van der Waals surface area contributed by atoms with Crippen LogP contribution in [-0.4, -0.2) is 34.9 Å². The smallest absolute Gasteiger partial charge is 0.320 e. The number of benzene rings is 1. The van der Waals surface area contributed by atoms with Crippen molar-refractivity contribution in [1.82, 2.24) is 14.8 Å². The number of amides is 2. The molecule has 0 radical (unpaired) electrons. The Balaban J connectivity index is 1.94. The van der Waals surface area contributed by atoms with Gasteiger partial charge in [-0.25, -0.2) is 9.78 Å². The summed E-state index contributed by atoms with van der Waals surface area (Å²) in [6, 6.07) is 11.5. The molecular weight excluding hydrogens is 338 g/mol. The average Bonchev–Trinajstić information content (AvgIpc) is 3.08. The number of aromatic nitrogens is 1. The van der Waals surface area contributed by atoms with Crippen LogP contribution >= 0.6 is 11.6 Å². The highest BCUT2D eigenvalue weighted by atomic mass is 35.5. The number of fused-ring (bicyclic) bond motifs is 1. The van der Waals surface area contributed by atoms with Gasteiger partial charge in [-0.3, -0.25) is 0 Å². The summed E-state index contributed by atoms with van der Waals surface area (Å²) in [4.78, 5) is 20.3. The molecule has 2 aromatic heterocycles. The molecule has 3 aromatic rings. The van der Waals surface area contributed by atoms with Gasteiger partial charge in [0.2, 0.25) is 0 Å². The molecule has 25 heavy (non-hydrogen) atoms. The maximum Gasteiger partial charge on any atom is 0.320 e. The van der Waals surface area contributed by atoms with Crippen LogP contribution in [0.15, 0.2) is 47.1 Å². The molecule has 0 saturated carbocycles. The lowest BCUT2D eigenvalue weighted by molar-refractivity contribution is 0.161. The summed E-state index contributed by atoms with van der Waals surface area (Å²) in [7, 11) is 3.45. The van der Waals surface area contributed by atoms with E-state index in [2.05, 4.69) is 4.98 Å². The van der Waals surface area contributed by atoms with Gasteiger partial charge in [0, 0.05) is 25.0 Å². The largest absolute Gasteiger partial charge is 0.467 e. The average molecular weight is 358 g/mol. The Bertz CT molecular complexity index is 891. The van der Waals surface area contributed by atoms with Gasteiger partial charge >= 0.3 is 6.03 Å². The first-order valence-electron chi connectivity index (χ1n) is 7.99. The zero-order chi connectivity index (χ0) is 18.0. The number of nitrogens with zero attached hydrogens (tertiary/aromatic N) is 3. The van der Waals surface area contributed by atoms with E-state index < -0.39 is 0 Å². The second kappa shape index (κ2) is 7.15. The molecule has 0 atom stereocenters. The number of carbonyl (C=O) groups excluding carboxylic acids is 1. The molecule has 0 aliphatic carbocycles. The Morgan fingerprint density at radius 2 is 2.00 bits per heavy atom. The molecule has 6 heteroatoms. The van der Waals surface area contributed by atoms with E-state index in [1.165, 1.54) is 4.90 Å². The summed E-state index contributed by atoms with van der Waals surface area (Å²) in [5.41, 5.74) is 2.76. The molecule has 0 aliphatic heterocycles. The lowest BCUT2D eigenvalue weighted by atomic mass is 10.1. The van der Waals surface area contributed by atoms with Gasteiger partial charge in [-0.05, 0) is 30.7 Å². The number of carbonyl (C=O) groups is 1. The first kappa shape index (κ1) is 17.3. The summed E-state index contributed by atoms with van der Waals surface area (Å²) in [5.74, 6) is 0.718. The van der Waals surface area contributed by atoms with Crippen molar-refractivity contribution in [2.45, 2.75) is 20.0 Å². The van der Waals surface area contributed by atoms with E-state index in [1.54, 1.807) is 31.3 Å². The van der Waals surface area contributed by atoms with Gasteiger partial charge < -0.3 is 14.2 Å². The summed E-state index contributed by atoms with van der Waals surface area (Å²) in [6.07, 6.45) is 1.60. The van der Waals surface area contributed by atoms with Crippen LogP contribution in [0.4, 0.5) is 4.79 Å². The van der Waals surface area contributed by atoms with Crippen molar-refractivity contribution < 1.29 is 9.21 Å². The molecule has 1 aromatic carbocycles. The minimum Gasteiger partial charge on any atom is -0.467 e. The fourth-order valence-electron chi connectivity index (χ4n) is 2.75. The maximum absolute atomic E-state index is 12.5. The van der Waals surface area contributed by atoms with E-state index in [1.807, 2.05) is 37.3 Å². The fraction of sp³-hybridized carbons (Fsp3) is 0.263. The highest BCUT2D eigenvalue weighted by molar-refractivity contribution is 6.30. The van der Waals surface area contributed by atoms with E-state index in [4.69, 9.17) is 16.0 Å². The number of halogens is 1. The second-order valence-electron chi connectivity index (χ2n) is 6.20. The quantitative estimate of drug-likeness (QED) is 0.647. The molecule has 0 fully saturated rings. The highest BCUT2D eigenvalue weighted by Gasteiger charge is 2.19. The van der Waals surface area contributed by atoms with E-state index in [-0.39, 0.29) is 6.03 Å². The zero-order valence-electron chi connectivity index (χ0n) is 14.5. The number of hydrogen-bond donors (Lipinski definition) is 0. The first-order valence-corrected chi connectivity index (χ1v) is 8.37. The Hall–Kier alpha value is -2.53. The topological polar surface area (TPSA) is 49.6 Å². The number of para-hydroxylation sites is 1. The number of furan rings is 1.